The van der Waals surface area contributed by atoms with Crippen molar-refractivity contribution in [3.8, 4) is 0 Å². The minimum absolute atomic E-state index is 0.0557. The standard InChI is InChI=1S/C20H30ClF2N5O2/c1-4-17(15-7-5-8-16(21)13-15)24-20(2,9-6-10-30-12-11-29-3)19-25-26-27-28(19)14-18(22)23/h5,7-8,13,17-18,24H,4,6,9-12,14H2,1-3H3. The molecule has 2 rings (SSSR count). The van der Waals surface area contributed by atoms with Crippen LogP contribution in [0, 0.1) is 0 Å². The molecular formula is C20H30ClF2N5O2. The number of ether oxygens (including phenoxy) is 2. The Morgan fingerprint density at radius 1 is 1.27 bits per heavy atom. The van der Waals surface area contributed by atoms with E-state index in [9.17, 15) is 8.78 Å². The smallest absolute Gasteiger partial charge is 0.258 e. The Morgan fingerprint density at radius 3 is 2.73 bits per heavy atom. The molecule has 0 saturated heterocycles. The third-order valence-corrected chi connectivity index (χ3v) is 5.12. The first-order chi connectivity index (χ1) is 14.4. The number of aromatic nitrogens is 4. The highest BCUT2D eigenvalue weighted by Crippen LogP contribution is 2.31. The molecule has 0 spiro atoms. The van der Waals surface area contributed by atoms with Crippen molar-refractivity contribution in [2.75, 3.05) is 26.9 Å². The number of alkyl halides is 2. The second-order valence-corrected chi connectivity index (χ2v) is 7.71. The van der Waals surface area contributed by atoms with Crippen molar-refractivity contribution in [3.05, 3.63) is 40.7 Å². The number of methoxy groups -OCH3 is 1. The molecule has 0 fully saturated rings. The number of nitrogens with one attached hydrogen (secondary N) is 1. The highest BCUT2D eigenvalue weighted by atomic mass is 35.5. The Labute approximate surface area is 181 Å². The number of nitrogens with zero attached hydrogens (tertiary/aromatic N) is 4. The fourth-order valence-corrected chi connectivity index (χ4v) is 3.60. The van der Waals surface area contributed by atoms with Gasteiger partial charge in [-0.3, -0.25) is 5.32 Å². The van der Waals surface area contributed by atoms with E-state index in [1.165, 1.54) is 4.68 Å². The second-order valence-electron chi connectivity index (χ2n) is 7.28. The Bertz CT molecular complexity index is 764. The van der Waals surface area contributed by atoms with E-state index in [1.54, 1.807) is 7.11 Å². The van der Waals surface area contributed by atoms with Gasteiger partial charge < -0.3 is 9.47 Å². The Hall–Kier alpha value is -1.68. The molecule has 0 radical (unpaired) electrons. The zero-order valence-electron chi connectivity index (χ0n) is 17.7. The lowest BCUT2D eigenvalue weighted by Gasteiger charge is -2.34. The molecule has 7 nitrogen and oxygen atoms in total. The number of rotatable bonds is 14. The summed E-state index contributed by atoms with van der Waals surface area (Å²) in [6, 6.07) is 7.55. The van der Waals surface area contributed by atoms with Crippen LogP contribution in [0.2, 0.25) is 5.02 Å². The fraction of sp³-hybridized carbons (Fsp3) is 0.650. The summed E-state index contributed by atoms with van der Waals surface area (Å²) in [5.41, 5.74) is 0.270. The number of tetrazole rings is 1. The fourth-order valence-electron chi connectivity index (χ4n) is 3.40. The molecule has 30 heavy (non-hydrogen) atoms. The maximum absolute atomic E-state index is 13.0. The molecule has 2 atom stereocenters. The van der Waals surface area contributed by atoms with E-state index in [0.717, 1.165) is 12.0 Å². The summed E-state index contributed by atoms with van der Waals surface area (Å²) in [5.74, 6) is 0.375. The average Bonchev–Trinajstić information content (AvgIpc) is 3.17. The van der Waals surface area contributed by atoms with Gasteiger partial charge in [0.25, 0.3) is 6.43 Å². The zero-order valence-corrected chi connectivity index (χ0v) is 18.4. The van der Waals surface area contributed by atoms with E-state index < -0.39 is 18.5 Å². The quantitative estimate of drug-likeness (QED) is 0.443. The summed E-state index contributed by atoms with van der Waals surface area (Å²) in [5, 5.41) is 15.8. The number of hydrogen-bond donors (Lipinski definition) is 1. The van der Waals surface area contributed by atoms with Crippen LogP contribution in [-0.2, 0) is 21.6 Å². The predicted octanol–water partition coefficient (Wildman–Crippen LogP) is 3.99. The molecule has 0 aliphatic carbocycles. The molecule has 2 unspecified atom stereocenters. The predicted molar refractivity (Wildman–Crippen MR) is 111 cm³/mol. The van der Waals surface area contributed by atoms with Crippen molar-refractivity contribution in [3.63, 3.8) is 0 Å². The molecular weight excluding hydrogens is 416 g/mol. The van der Waals surface area contributed by atoms with Crippen LogP contribution in [-0.4, -0.2) is 53.6 Å². The maximum Gasteiger partial charge on any atom is 0.258 e. The van der Waals surface area contributed by atoms with Crippen LogP contribution >= 0.6 is 11.6 Å². The Balaban J connectivity index is 2.22. The minimum Gasteiger partial charge on any atom is -0.382 e. The van der Waals surface area contributed by atoms with E-state index in [2.05, 4.69) is 27.8 Å². The average molecular weight is 446 g/mol. The first-order valence-electron chi connectivity index (χ1n) is 10.0. The van der Waals surface area contributed by atoms with Crippen molar-refractivity contribution < 1.29 is 18.3 Å². The lowest BCUT2D eigenvalue weighted by molar-refractivity contribution is 0.0644. The minimum atomic E-state index is -2.55. The maximum atomic E-state index is 13.0. The third-order valence-electron chi connectivity index (χ3n) is 4.89. The van der Waals surface area contributed by atoms with Gasteiger partial charge in [-0.05, 0) is 54.3 Å². The first kappa shape index (κ1) is 24.6. The van der Waals surface area contributed by atoms with Gasteiger partial charge in [0.15, 0.2) is 5.82 Å². The van der Waals surface area contributed by atoms with E-state index in [1.807, 2.05) is 31.2 Å². The molecule has 168 valence electrons. The normalized spacial score (nSPS) is 14.8. The topological polar surface area (TPSA) is 74.1 Å². The molecule has 0 bridgehead atoms. The molecule has 10 heteroatoms. The SMILES string of the molecule is CCC(NC(C)(CCCOCCOC)c1nnnn1CC(F)F)c1cccc(Cl)c1. The highest BCUT2D eigenvalue weighted by molar-refractivity contribution is 6.30. The van der Waals surface area contributed by atoms with Gasteiger partial charge in [-0.1, -0.05) is 30.7 Å². The zero-order chi connectivity index (χ0) is 22.0. The van der Waals surface area contributed by atoms with Gasteiger partial charge in [0.05, 0.1) is 18.8 Å². The van der Waals surface area contributed by atoms with E-state index in [0.29, 0.717) is 43.5 Å². The van der Waals surface area contributed by atoms with Gasteiger partial charge >= 0.3 is 0 Å². The summed E-state index contributed by atoms with van der Waals surface area (Å²) in [6.07, 6.45) is -0.485. The summed E-state index contributed by atoms with van der Waals surface area (Å²) in [7, 11) is 1.62. The van der Waals surface area contributed by atoms with Crippen LogP contribution in [0.15, 0.2) is 24.3 Å². The summed E-state index contributed by atoms with van der Waals surface area (Å²) >= 11 is 6.17. The largest absolute Gasteiger partial charge is 0.382 e. The van der Waals surface area contributed by atoms with Crippen molar-refractivity contribution in [2.45, 2.75) is 57.7 Å². The van der Waals surface area contributed by atoms with Crippen molar-refractivity contribution in [1.82, 2.24) is 25.5 Å². The highest BCUT2D eigenvalue weighted by Gasteiger charge is 2.35. The molecule has 1 heterocycles. The van der Waals surface area contributed by atoms with E-state index in [-0.39, 0.29) is 6.04 Å². The molecule has 1 aromatic heterocycles. The Kier molecular flexibility index (Phi) is 10.0. The van der Waals surface area contributed by atoms with Crippen LogP contribution in [0.5, 0.6) is 0 Å². The second kappa shape index (κ2) is 12.2. The van der Waals surface area contributed by atoms with Gasteiger partial charge in [-0.2, -0.15) is 0 Å². The number of hydrogen-bond acceptors (Lipinski definition) is 6. The van der Waals surface area contributed by atoms with Crippen molar-refractivity contribution in [2.24, 2.45) is 0 Å². The van der Waals surface area contributed by atoms with Crippen LogP contribution in [0.1, 0.15) is 50.5 Å². The first-order valence-corrected chi connectivity index (χ1v) is 10.4. The molecule has 0 aliphatic heterocycles. The molecule has 0 aliphatic rings. The van der Waals surface area contributed by atoms with Crippen LogP contribution in [0.4, 0.5) is 8.78 Å². The summed E-state index contributed by atoms with van der Waals surface area (Å²) in [4.78, 5) is 0. The van der Waals surface area contributed by atoms with Crippen molar-refractivity contribution in [1.29, 1.82) is 0 Å². The molecule has 1 N–H and O–H groups in total. The van der Waals surface area contributed by atoms with E-state index in [4.69, 9.17) is 21.1 Å². The lowest BCUT2D eigenvalue weighted by atomic mass is 9.91. The van der Waals surface area contributed by atoms with E-state index >= 15 is 0 Å². The Morgan fingerprint density at radius 2 is 2.07 bits per heavy atom. The summed E-state index contributed by atoms with van der Waals surface area (Å²) in [6.45, 7) is 4.97. The van der Waals surface area contributed by atoms with Gasteiger partial charge in [0.1, 0.15) is 6.54 Å². The van der Waals surface area contributed by atoms with Crippen LogP contribution in [0.25, 0.3) is 0 Å². The molecule has 1 aromatic carbocycles. The van der Waals surface area contributed by atoms with Crippen LogP contribution < -0.4 is 5.32 Å². The van der Waals surface area contributed by atoms with Gasteiger partial charge in [0, 0.05) is 24.8 Å². The summed E-state index contributed by atoms with van der Waals surface area (Å²) < 4.78 is 37.8. The lowest BCUT2D eigenvalue weighted by Crippen LogP contribution is -2.44. The third kappa shape index (κ3) is 7.23. The number of benzene rings is 1. The van der Waals surface area contributed by atoms with Gasteiger partial charge in [-0.15, -0.1) is 5.10 Å². The van der Waals surface area contributed by atoms with Gasteiger partial charge in [0.2, 0.25) is 0 Å². The molecule has 0 saturated carbocycles. The van der Waals surface area contributed by atoms with Crippen LogP contribution in [0.3, 0.4) is 0 Å². The van der Waals surface area contributed by atoms with Gasteiger partial charge in [-0.25, -0.2) is 13.5 Å². The number of halogens is 3. The molecule has 0 amide bonds. The van der Waals surface area contributed by atoms with Crippen molar-refractivity contribution >= 4 is 11.6 Å². The molecule has 2 aromatic rings. The monoisotopic (exact) mass is 445 g/mol.